The molecule has 0 aliphatic carbocycles. The first-order valence-corrected chi connectivity index (χ1v) is 6.75. The summed E-state index contributed by atoms with van der Waals surface area (Å²) in [4.78, 5) is 10.5. The smallest absolute Gasteiger partial charge is 0.276 e. The molecule has 0 atom stereocenters. The number of nitro groups is 1. The van der Waals surface area contributed by atoms with Crippen LogP contribution in [-0.4, -0.2) is 4.92 Å². The van der Waals surface area contributed by atoms with Gasteiger partial charge in [0.15, 0.2) is 0 Å². The Morgan fingerprint density at radius 1 is 1.15 bits per heavy atom. The molecule has 104 valence electrons. The third-order valence-electron chi connectivity index (χ3n) is 2.83. The van der Waals surface area contributed by atoms with Crippen molar-refractivity contribution in [3.63, 3.8) is 0 Å². The fraction of sp³-hybridized carbons (Fsp3) is 0.143. The SMILES string of the molecule is NCc1cccc(Br)c1OCc1ccccc1[N+](=O)[O-]. The van der Waals surface area contributed by atoms with Crippen molar-refractivity contribution in [1.82, 2.24) is 0 Å². The third kappa shape index (κ3) is 3.15. The lowest BCUT2D eigenvalue weighted by Crippen LogP contribution is -2.05. The summed E-state index contributed by atoms with van der Waals surface area (Å²) >= 11 is 3.39. The van der Waals surface area contributed by atoms with Gasteiger partial charge in [0.05, 0.1) is 15.0 Å². The van der Waals surface area contributed by atoms with Crippen molar-refractivity contribution < 1.29 is 9.66 Å². The van der Waals surface area contributed by atoms with Gasteiger partial charge >= 0.3 is 0 Å². The molecule has 0 unspecified atom stereocenters. The standard InChI is InChI=1S/C14H13BrN2O3/c15-12-6-3-5-10(8-16)14(12)20-9-11-4-1-2-7-13(11)17(18)19/h1-7H,8-9,16H2. The van der Waals surface area contributed by atoms with Gasteiger partial charge in [-0.3, -0.25) is 10.1 Å². The summed E-state index contributed by atoms with van der Waals surface area (Å²) in [5.41, 5.74) is 7.08. The van der Waals surface area contributed by atoms with Crippen molar-refractivity contribution in [2.75, 3.05) is 0 Å². The van der Waals surface area contributed by atoms with Gasteiger partial charge in [0.1, 0.15) is 12.4 Å². The largest absolute Gasteiger partial charge is 0.487 e. The second kappa shape index (κ2) is 6.49. The first-order valence-electron chi connectivity index (χ1n) is 5.96. The van der Waals surface area contributed by atoms with E-state index in [9.17, 15) is 10.1 Å². The number of ether oxygens (including phenoxy) is 1. The third-order valence-corrected chi connectivity index (χ3v) is 3.45. The Kier molecular flexibility index (Phi) is 4.70. The van der Waals surface area contributed by atoms with E-state index in [0.29, 0.717) is 17.9 Å². The lowest BCUT2D eigenvalue weighted by molar-refractivity contribution is -0.385. The second-order valence-corrected chi connectivity index (χ2v) is 4.96. The Morgan fingerprint density at radius 2 is 1.85 bits per heavy atom. The van der Waals surface area contributed by atoms with E-state index in [1.165, 1.54) is 6.07 Å². The van der Waals surface area contributed by atoms with Crippen molar-refractivity contribution in [2.45, 2.75) is 13.2 Å². The predicted molar refractivity (Wildman–Crippen MR) is 79.5 cm³/mol. The van der Waals surface area contributed by atoms with Crippen LogP contribution in [0.25, 0.3) is 0 Å². The first-order chi connectivity index (χ1) is 9.63. The molecule has 0 aliphatic rings. The lowest BCUT2D eigenvalue weighted by atomic mass is 10.2. The van der Waals surface area contributed by atoms with Gasteiger partial charge in [-0.1, -0.05) is 24.3 Å². The number of halogens is 1. The molecule has 2 rings (SSSR count). The average Bonchev–Trinajstić information content (AvgIpc) is 2.46. The van der Waals surface area contributed by atoms with Crippen LogP contribution < -0.4 is 10.5 Å². The highest BCUT2D eigenvalue weighted by molar-refractivity contribution is 9.10. The van der Waals surface area contributed by atoms with Crippen molar-refractivity contribution >= 4 is 21.6 Å². The van der Waals surface area contributed by atoms with Crippen molar-refractivity contribution in [3.05, 3.63) is 68.2 Å². The van der Waals surface area contributed by atoms with Crippen LogP contribution in [0.15, 0.2) is 46.9 Å². The number of para-hydroxylation sites is 2. The van der Waals surface area contributed by atoms with E-state index in [0.717, 1.165) is 10.0 Å². The number of nitro benzene ring substituents is 1. The quantitative estimate of drug-likeness (QED) is 0.670. The number of benzene rings is 2. The molecule has 2 aromatic carbocycles. The molecule has 0 amide bonds. The molecule has 20 heavy (non-hydrogen) atoms. The molecule has 0 saturated heterocycles. The molecule has 6 heteroatoms. The molecule has 2 aromatic rings. The van der Waals surface area contributed by atoms with Crippen LogP contribution in [0, 0.1) is 10.1 Å². The Balaban J connectivity index is 2.24. The summed E-state index contributed by atoms with van der Waals surface area (Å²) in [5, 5.41) is 10.9. The minimum absolute atomic E-state index is 0.0499. The van der Waals surface area contributed by atoms with Crippen LogP contribution in [0.3, 0.4) is 0 Å². The van der Waals surface area contributed by atoms with Gasteiger partial charge in [-0.2, -0.15) is 0 Å². The first kappa shape index (κ1) is 14.5. The van der Waals surface area contributed by atoms with Crippen molar-refractivity contribution in [2.24, 2.45) is 5.73 Å². The van der Waals surface area contributed by atoms with Gasteiger partial charge in [-0.15, -0.1) is 0 Å². The van der Waals surface area contributed by atoms with Crippen molar-refractivity contribution in [3.8, 4) is 5.75 Å². The zero-order valence-electron chi connectivity index (χ0n) is 10.6. The number of nitrogens with two attached hydrogens (primary N) is 1. The van der Waals surface area contributed by atoms with Gasteiger partial charge in [0.2, 0.25) is 0 Å². The van der Waals surface area contributed by atoms with E-state index in [2.05, 4.69) is 15.9 Å². The molecule has 0 saturated carbocycles. The molecule has 0 bridgehead atoms. The summed E-state index contributed by atoms with van der Waals surface area (Å²) in [6.45, 7) is 0.457. The molecule has 0 spiro atoms. The van der Waals surface area contributed by atoms with Crippen LogP contribution in [0.1, 0.15) is 11.1 Å². The van der Waals surface area contributed by atoms with Gasteiger partial charge in [-0.25, -0.2) is 0 Å². The molecule has 0 radical (unpaired) electrons. The average molecular weight is 337 g/mol. The van der Waals surface area contributed by atoms with E-state index >= 15 is 0 Å². The Labute approximate surface area is 124 Å². The van der Waals surface area contributed by atoms with Crippen LogP contribution in [0.4, 0.5) is 5.69 Å². The minimum atomic E-state index is -0.414. The van der Waals surface area contributed by atoms with Crippen LogP contribution >= 0.6 is 15.9 Å². The maximum Gasteiger partial charge on any atom is 0.276 e. The molecular formula is C14H13BrN2O3. The Bertz CT molecular complexity index is 632. The number of nitrogens with zero attached hydrogens (tertiary/aromatic N) is 1. The molecule has 2 N–H and O–H groups in total. The topological polar surface area (TPSA) is 78.4 Å². The Hall–Kier alpha value is -1.92. The molecule has 0 aliphatic heterocycles. The van der Waals surface area contributed by atoms with E-state index in [1.807, 2.05) is 18.2 Å². The summed E-state index contributed by atoms with van der Waals surface area (Å²) in [6, 6.07) is 12.1. The summed E-state index contributed by atoms with van der Waals surface area (Å²) in [6.07, 6.45) is 0. The molecular weight excluding hydrogens is 324 g/mol. The normalized spacial score (nSPS) is 10.3. The van der Waals surface area contributed by atoms with Gasteiger partial charge in [-0.05, 0) is 28.1 Å². The van der Waals surface area contributed by atoms with E-state index in [1.54, 1.807) is 18.2 Å². The number of hydrogen-bond donors (Lipinski definition) is 1. The predicted octanol–water partition coefficient (Wildman–Crippen LogP) is 3.40. The fourth-order valence-electron chi connectivity index (χ4n) is 1.84. The molecule has 0 heterocycles. The highest BCUT2D eigenvalue weighted by Crippen LogP contribution is 2.30. The van der Waals surface area contributed by atoms with Crippen molar-refractivity contribution in [1.29, 1.82) is 0 Å². The minimum Gasteiger partial charge on any atom is -0.487 e. The molecule has 5 nitrogen and oxygen atoms in total. The van der Waals surface area contributed by atoms with E-state index < -0.39 is 4.92 Å². The number of hydrogen-bond acceptors (Lipinski definition) is 4. The molecule has 0 aromatic heterocycles. The van der Waals surface area contributed by atoms with E-state index in [4.69, 9.17) is 10.5 Å². The van der Waals surface area contributed by atoms with Crippen LogP contribution in [0.5, 0.6) is 5.75 Å². The highest BCUT2D eigenvalue weighted by atomic mass is 79.9. The van der Waals surface area contributed by atoms with Gasteiger partial charge in [0, 0.05) is 18.2 Å². The molecule has 0 fully saturated rings. The maximum absolute atomic E-state index is 10.9. The summed E-state index contributed by atoms with van der Waals surface area (Å²) in [5.74, 6) is 0.619. The summed E-state index contributed by atoms with van der Waals surface area (Å²) in [7, 11) is 0. The van der Waals surface area contributed by atoms with Crippen LogP contribution in [-0.2, 0) is 13.2 Å². The highest BCUT2D eigenvalue weighted by Gasteiger charge is 2.14. The zero-order chi connectivity index (χ0) is 14.5. The summed E-state index contributed by atoms with van der Waals surface area (Å²) < 4.78 is 6.48. The second-order valence-electron chi connectivity index (χ2n) is 4.11. The Morgan fingerprint density at radius 3 is 2.55 bits per heavy atom. The lowest BCUT2D eigenvalue weighted by Gasteiger charge is -2.12. The number of rotatable bonds is 5. The van der Waals surface area contributed by atoms with E-state index in [-0.39, 0.29) is 12.3 Å². The maximum atomic E-state index is 10.9. The fourth-order valence-corrected chi connectivity index (χ4v) is 2.36. The van der Waals surface area contributed by atoms with Gasteiger partial charge < -0.3 is 10.5 Å². The van der Waals surface area contributed by atoms with Gasteiger partial charge in [0.25, 0.3) is 5.69 Å². The van der Waals surface area contributed by atoms with Crippen LogP contribution in [0.2, 0.25) is 0 Å². The zero-order valence-corrected chi connectivity index (χ0v) is 12.2. The monoisotopic (exact) mass is 336 g/mol.